The van der Waals surface area contributed by atoms with Crippen molar-refractivity contribution in [2.45, 2.75) is 52.1 Å². The molecule has 8 rings (SSSR count). The molecule has 6 N–H and O–H groups in total. The van der Waals surface area contributed by atoms with Gasteiger partial charge in [-0.25, -0.2) is 9.97 Å². The summed E-state index contributed by atoms with van der Waals surface area (Å²) in [5.74, 6) is 0.378. The Labute approximate surface area is 475 Å². The topological polar surface area (TPSA) is 154 Å². The number of rotatable bonds is 16. The Morgan fingerprint density at radius 1 is 0.538 bits per heavy atom. The van der Waals surface area contributed by atoms with Crippen molar-refractivity contribution in [3.8, 4) is 32.6 Å². The van der Waals surface area contributed by atoms with Gasteiger partial charge in [-0.05, 0) is 154 Å². The number of aromatic nitrogens is 2. The Kier molecular flexibility index (Phi) is 24.7. The van der Waals surface area contributed by atoms with Crippen molar-refractivity contribution in [2.75, 3.05) is 26.3 Å². The third-order valence-electron chi connectivity index (χ3n) is 10.4. The zero-order valence-corrected chi connectivity index (χ0v) is 46.4. The Bertz CT molecular complexity index is 3150. The molecule has 0 atom stereocenters. The van der Waals surface area contributed by atoms with Crippen LogP contribution in [0, 0.1) is 13.8 Å². The number of nitrogens with two attached hydrogens (primary N) is 2. The van der Waals surface area contributed by atoms with E-state index in [1.807, 2.05) is 53.9 Å². The molecule has 412 valence electrons. The first-order chi connectivity index (χ1) is 37.1. The highest BCUT2D eigenvalue weighted by Gasteiger charge is 2.32. The summed E-state index contributed by atoms with van der Waals surface area (Å²) < 4.78 is 87.9. The number of benzene rings is 6. The van der Waals surface area contributed by atoms with E-state index in [2.05, 4.69) is 20.6 Å². The van der Waals surface area contributed by atoms with Gasteiger partial charge in [0.05, 0.1) is 42.3 Å². The highest BCUT2D eigenvalue weighted by atomic mass is 35.5. The number of hydrogen-bond acceptors (Lipinski definition) is 10. The standard InChI is InChI=1S/C19H14ClF3N2OS.C18H17ClF3NO2.C10H9ClN2S.C9H12ClNO/c1-11-6-13(8-14(7-11)19(21,22)23)17(26)24-9-16-10-27-18(25-16)12-2-4-15(20)5-3-12;1-12-9-13(11-14(10-12)18(20,21)22)17(24)23-7-2-8-25-16-5-3-15(19)4-6-16;11-8-3-1-7(2-4-8)10-13-9(5-12)6-14-10;10-8-2-4-9(5-3-8)12-7-1-6-11/h2-8,10H,9H2,1H3,(H,24,26);3-6,9-11H,2,7-8H2,1H3,(H,23,24);1-4,6H,5,12H2;2-5H,1,6-7,11H2. The van der Waals surface area contributed by atoms with Gasteiger partial charge in [0.25, 0.3) is 11.8 Å². The molecule has 0 fully saturated rings. The van der Waals surface area contributed by atoms with Crippen LogP contribution in [0.5, 0.6) is 11.5 Å². The summed E-state index contributed by atoms with van der Waals surface area (Å²) in [6.07, 6.45) is -7.58. The number of ether oxygens (including phenoxy) is 2. The van der Waals surface area contributed by atoms with E-state index in [1.165, 1.54) is 37.3 Å². The molecule has 0 saturated heterocycles. The largest absolute Gasteiger partial charge is 0.494 e. The third-order valence-corrected chi connectivity index (χ3v) is 13.3. The molecule has 0 unspecified atom stereocenters. The van der Waals surface area contributed by atoms with Gasteiger partial charge in [0.15, 0.2) is 0 Å². The lowest BCUT2D eigenvalue weighted by molar-refractivity contribution is -0.138. The van der Waals surface area contributed by atoms with Crippen LogP contribution in [-0.4, -0.2) is 48.1 Å². The Balaban J connectivity index is 0.000000202. The molecule has 6 aromatic carbocycles. The van der Waals surface area contributed by atoms with Gasteiger partial charge in [0.2, 0.25) is 0 Å². The molecule has 0 aliphatic carbocycles. The molecule has 0 aliphatic rings. The van der Waals surface area contributed by atoms with Gasteiger partial charge in [-0.2, -0.15) is 26.3 Å². The molecule has 0 bridgehead atoms. The van der Waals surface area contributed by atoms with E-state index in [9.17, 15) is 35.9 Å². The normalized spacial score (nSPS) is 10.9. The van der Waals surface area contributed by atoms with Crippen molar-refractivity contribution in [1.82, 2.24) is 20.6 Å². The molecule has 78 heavy (non-hydrogen) atoms. The van der Waals surface area contributed by atoms with Crippen molar-refractivity contribution in [1.29, 1.82) is 0 Å². The highest BCUT2D eigenvalue weighted by Crippen LogP contribution is 2.32. The summed E-state index contributed by atoms with van der Waals surface area (Å²) in [7, 11) is 0. The Morgan fingerprint density at radius 3 is 1.32 bits per heavy atom. The number of carbonyl (C=O) groups excluding carboxylic acids is 2. The average Bonchev–Trinajstić information content (AvgIpc) is 4.10. The predicted molar refractivity (Wildman–Crippen MR) is 301 cm³/mol. The van der Waals surface area contributed by atoms with Crippen LogP contribution in [0.1, 0.15) is 67.2 Å². The molecule has 2 aromatic heterocycles. The number of nitrogens with zero attached hydrogens (tertiary/aromatic N) is 2. The van der Waals surface area contributed by atoms with Gasteiger partial charge in [-0.3, -0.25) is 9.59 Å². The summed E-state index contributed by atoms with van der Waals surface area (Å²) in [6, 6.07) is 35.6. The second-order valence-corrected chi connectivity index (χ2v) is 20.2. The summed E-state index contributed by atoms with van der Waals surface area (Å²) in [4.78, 5) is 33.1. The molecular formula is C56H52Cl4F6N6O4S2. The lowest BCUT2D eigenvalue weighted by Crippen LogP contribution is -2.26. The van der Waals surface area contributed by atoms with Gasteiger partial charge in [-0.1, -0.05) is 70.7 Å². The van der Waals surface area contributed by atoms with Gasteiger partial charge >= 0.3 is 12.4 Å². The minimum Gasteiger partial charge on any atom is -0.494 e. The summed E-state index contributed by atoms with van der Waals surface area (Å²) in [5.41, 5.74) is 13.4. The van der Waals surface area contributed by atoms with E-state index in [0.717, 1.165) is 73.3 Å². The highest BCUT2D eigenvalue weighted by molar-refractivity contribution is 7.13. The summed E-state index contributed by atoms with van der Waals surface area (Å²) in [5, 5.41) is 13.4. The molecule has 22 heteroatoms. The maximum absolute atomic E-state index is 12.9. The smallest absolute Gasteiger partial charge is 0.416 e. The molecule has 0 saturated carbocycles. The van der Waals surface area contributed by atoms with Crippen molar-refractivity contribution in [2.24, 2.45) is 11.5 Å². The second kappa shape index (κ2) is 30.8. The van der Waals surface area contributed by atoms with Crippen LogP contribution in [0.4, 0.5) is 26.3 Å². The quantitative estimate of drug-likeness (QED) is 0.0551. The van der Waals surface area contributed by atoms with Crippen LogP contribution >= 0.6 is 69.1 Å². The number of amides is 2. The molecule has 2 heterocycles. The second-order valence-electron chi connectivity index (χ2n) is 16.7. The number of carbonyl (C=O) groups is 2. The fraction of sp³-hybridized carbons (Fsp3) is 0.214. The Morgan fingerprint density at radius 2 is 0.923 bits per heavy atom. The first kappa shape index (κ1) is 62.6. The van der Waals surface area contributed by atoms with Crippen LogP contribution < -0.4 is 31.6 Å². The number of halogens is 10. The minimum absolute atomic E-state index is 0.00838. The predicted octanol–water partition coefficient (Wildman–Crippen LogP) is 15.6. The van der Waals surface area contributed by atoms with E-state index in [0.29, 0.717) is 71.9 Å². The van der Waals surface area contributed by atoms with E-state index < -0.39 is 35.3 Å². The average molecular weight is 1190 g/mol. The zero-order valence-electron chi connectivity index (χ0n) is 41.8. The van der Waals surface area contributed by atoms with Crippen LogP contribution in [0.25, 0.3) is 21.1 Å². The molecule has 0 radical (unpaired) electrons. The van der Waals surface area contributed by atoms with Crippen LogP contribution in [0.2, 0.25) is 20.1 Å². The number of hydrogen-bond donors (Lipinski definition) is 4. The molecule has 10 nitrogen and oxygen atoms in total. The van der Waals surface area contributed by atoms with Crippen LogP contribution in [0.3, 0.4) is 0 Å². The van der Waals surface area contributed by atoms with Crippen LogP contribution in [-0.2, 0) is 25.4 Å². The van der Waals surface area contributed by atoms with Gasteiger partial charge in [0.1, 0.15) is 21.5 Å². The summed E-state index contributed by atoms with van der Waals surface area (Å²) in [6.45, 7) is 5.64. The van der Waals surface area contributed by atoms with Crippen molar-refractivity contribution >= 4 is 80.9 Å². The van der Waals surface area contributed by atoms with Crippen molar-refractivity contribution < 1.29 is 45.4 Å². The number of alkyl halides is 6. The van der Waals surface area contributed by atoms with Gasteiger partial charge < -0.3 is 31.6 Å². The maximum Gasteiger partial charge on any atom is 0.416 e. The van der Waals surface area contributed by atoms with Crippen LogP contribution in [0.15, 0.2) is 144 Å². The summed E-state index contributed by atoms with van der Waals surface area (Å²) >= 11 is 26.1. The third kappa shape index (κ3) is 21.5. The first-order valence-corrected chi connectivity index (χ1v) is 26.9. The fourth-order valence-electron chi connectivity index (χ4n) is 6.57. The zero-order chi connectivity index (χ0) is 56.8. The number of thiazole rings is 2. The van der Waals surface area contributed by atoms with E-state index in [-0.39, 0.29) is 17.7 Å². The molecule has 0 aliphatic heterocycles. The maximum atomic E-state index is 12.9. The molecular weight excluding hydrogens is 1140 g/mol. The van der Waals surface area contributed by atoms with Crippen molar-refractivity contribution in [3.05, 3.63) is 209 Å². The molecule has 0 spiro atoms. The van der Waals surface area contributed by atoms with Gasteiger partial charge in [0, 0.05) is 66.2 Å². The minimum atomic E-state index is -4.50. The van der Waals surface area contributed by atoms with E-state index in [1.54, 1.807) is 65.2 Å². The van der Waals surface area contributed by atoms with E-state index >= 15 is 0 Å². The Hall–Kier alpha value is -6.22. The molecule has 2 amide bonds. The monoisotopic (exact) mass is 1190 g/mol. The lowest BCUT2D eigenvalue weighted by Gasteiger charge is -2.11. The fourth-order valence-corrected chi connectivity index (χ4v) is 8.74. The number of aryl methyl sites for hydroxylation is 2. The lowest BCUT2D eigenvalue weighted by atomic mass is 10.1. The SMILES string of the molecule is Cc1cc(C(=O)NCCCOc2ccc(Cl)cc2)cc(C(F)(F)F)c1.Cc1cc(C(=O)NCc2csc(-c3ccc(Cl)cc3)n2)cc(C(F)(F)F)c1.NCCCOc1ccc(Cl)cc1.NCc1csc(-c2ccc(Cl)cc2)n1. The molecule has 8 aromatic rings. The number of nitrogens with one attached hydrogen (secondary N) is 2. The van der Waals surface area contributed by atoms with Gasteiger partial charge in [-0.15, -0.1) is 22.7 Å². The van der Waals surface area contributed by atoms with Crippen molar-refractivity contribution in [3.63, 3.8) is 0 Å². The first-order valence-electron chi connectivity index (χ1n) is 23.6. The van der Waals surface area contributed by atoms with E-state index in [4.69, 9.17) is 67.3 Å².